The summed E-state index contributed by atoms with van der Waals surface area (Å²) in [6.07, 6.45) is 3.62. The second-order valence-electron chi connectivity index (χ2n) is 5.85. The van der Waals surface area contributed by atoms with E-state index in [9.17, 15) is 4.79 Å². The molecular formula is C19H13BrClN3O2S. The fourth-order valence-corrected chi connectivity index (χ4v) is 4.33. The number of pyridine rings is 1. The molecule has 3 heterocycles. The third-order valence-corrected chi connectivity index (χ3v) is 5.69. The van der Waals surface area contributed by atoms with Gasteiger partial charge in [-0.3, -0.25) is 4.57 Å². The first-order chi connectivity index (χ1) is 13.0. The number of fused-ring (bicyclic) bond motifs is 1. The summed E-state index contributed by atoms with van der Waals surface area (Å²) in [5.74, 6) is 0.759. The Balaban J connectivity index is 2.02. The molecule has 3 aromatic heterocycles. The van der Waals surface area contributed by atoms with Crippen molar-refractivity contribution in [2.24, 2.45) is 0 Å². The Morgan fingerprint density at radius 2 is 2.07 bits per heavy atom. The molecule has 0 spiro atoms. The molecule has 0 aliphatic rings. The molecule has 0 N–H and O–H groups in total. The van der Waals surface area contributed by atoms with Crippen molar-refractivity contribution in [3.63, 3.8) is 0 Å². The van der Waals surface area contributed by atoms with Gasteiger partial charge in [-0.1, -0.05) is 11.6 Å². The first-order valence-corrected chi connectivity index (χ1v) is 10.4. The highest BCUT2D eigenvalue weighted by Gasteiger charge is 2.19. The summed E-state index contributed by atoms with van der Waals surface area (Å²) < 4.78 is 8.14. The largest absolute Gasteiger partial charge is 0.401 e. The van der Waals surface area contributed by atoms with Crippen molar-refractivity contribution in [2.75, 3.05) is 6.26 Å². The Bertz CT molecular complexity index is 1240. The van der Waals surface area contributed by atoms with Crippen LogP contribution in [0, 0.1) is 6.92 Å². The van der Waals surface area contributed by atoms with Crippen LogP contribution in [-0.4, -0.2) is 20.8 Å². The smallest absolute Gasteiger partial charge is 0.347 e. The van der Waals surface area contributed by atoms with Crippen molar-refractivity contribution in [1.82, 2.24) is 14.5 Å². The van der Waals surface area contributed by atoms with Crippen LogP contribution in [-0.2, 0) is 0 Å². The summed E-state index contributed by atoms with van der Waals surface area (Å²) in [5, 5.41) is 1.83. The molecule has 8 heteroatoms. The lowest BCUT2D eigenvalue weighted by molar-refractivity contribution is 0.514. The van der Waals surface area contributed by atoms with Gasteiger partial charge in [-0.15, -0.1) is 11.8 Å². The Morgan fingerprint density at radius 3 is 2.81 bits per heavy atom. The number of thioether (sulfide) groups is 1. The zero-order valence-corrected chi connectivity index (χ0v) is 17.5. The van der Waals surface area contributed by atoms with Crippen molar-refractivity contribution >= 4 is 50.2 Å². The van der Waals surface area contributed by atoms with Crippen molar-refractivity contribution in [3.05, 3.63) is 68.1 Å². The molecule has 5 nitrogen and oxygen atoms in total. The Kier molecular flexibility index (Phi) is 4.84. The molecule has 0 aliphatic carbocycles. The summed E-state index contributed by atoms with van der Waals surface area (Å²) in [7, 11) is 0. The van der Waals surface area contributed by atoms with Crippen LogP contribution in [0.4, 0.5) is 0 Å². The van der Waals surface area contributed by atoms with Gasteiger partial charge in [0.15, 0.2) is 5.82 Å². The maximum absolute atomic E-state index is 12.6. The number of hydrogen-bond acceptors (Lipinski definition) is 5. The normalized spacial score (nSPS) is 11.3. The van der Waals surface area contributed by atoms with Crippen LogP contribution in [0.3, 0.4) is 0 Å². The molecule has 0 amide bonds. The minimum atomic E-state index is -0.440. The molecule has 0 saturated heterocycles. The molecule has 0 aliphatic heterocycles. The second-order valence-corrected chi connectivity index (χ2v) is 7.94. The summed E-state index contributed by atoms with van der Waals surface area (Å²) >= 11 is 11.4. The summed E-state index contributed by atoms with van der Waals surface area (Å²) in [6, 6.07) is 11.0. The van der Waals surface area contributed by atoms with Gasteiger partial charge in [-0.05, 0) is 71.1 Å². The van der Waals surface area contributed by atoms with Crippen LogP contribution in [0.2, 0.25) is 5.02 Å². The lowest BCUT2D eigenvalue weighted by Gasteiger charge is -2.12. The molecule has 4 aromatic rings. The summed E-state index contributed by atoms with van der Waals surface area (Å²) in [6.45, 7) is 1.91. The Morgan fingerprint density at radius 1 is 1.26 bits per heavy atom. The van der Waals surface area contributed by atoms with Crippen LogP contribution in [0.1, 0.15) is 5.56 Å². The average Bonchev–Trinajstić information content (AvgIpc) is 3.06. The van der Waals surface area contributed by atoms with Crippen LogP contribution in [0.5, 0.6) is 0 Å². The van der Waals surface area contributed by atoms with Crippen LogP contribution < -0.4 is 5.63 Å². The van der Waals surface area contributed by atoms with E-state index in [-0.39, 0.29) is 5.89 Å². The molecule has 0 atom stereocenters. The molecule has 4 rings (SSSR count). The molecule has 0 fully saturated rings. The van der Waals surface area contributed by atoms with Crippen LogP contribution in [0.15, 0.2) is 61.3 Å². The van der Waals surface area contributed by atoms with Crippen molar-refractivity contribution in [1.29, 1.82) is 0 Å². The molecule has 0 bridgehead atoms. The number of rotatable bonds is 3. The van der Waals surface area contributed by atoms with E-state index in [0.29, 0.717) is 27.4 Å². The van der Waals surface area contributed by atoms with Gasteiger partial charge >= 0.3 is 5.63 Å². The lowest BCUT2D eigenvalue weighted by Crippen LogP contribution is -2.07. The van der Waals surface area contributed by atoms with Crippen molar-refractivity contribution in [2.45, 2.75) is 11.9 Å². The number of halogens is 2. The van der Waals surface area contributed by atoms with E-state index in [2.05, 4.69) is 25.9 Å². The van der Waals surface area contributed by atoms with Crippen molar-refractivity contribution < 1.29 is 4.42 Å². The standard InChI is InChI=1S/C19H13BrClN3O2S/c1-10-8-11-16(12(20)9-10)23-18(26-19(11)25)14-5-6-15(27-2)24(14)17-13(21)4-3-7-22-17/h3-9H,1-2H3. The number of hydrogen-bond donors (Lipinski definition) is 0. The predicted octanol–water partition coefficient (Wildman–Crippen LogP) is 5.49. The maximum Gasteiger partial charge on any atom is 0.347 e. The van der Waals surface area contributed by atoms with E-state index < -0.39 is 5.63 Å². The van der Waals surface area contributed by atoms with Crippen LogP contribution >= 0.6 is 39.3 Å². The molecule has 1 aromatic carbocycles. The molecule has 0 unspecified atom stereocenters. The molecule has 27 heavy (non-hydrogen) atoms. The van der Waals surface area contributed by atoms with E-state index in [1.165, 1.54) is 11.8 Å². The summed E-state index contributed by atoms with van der Waals surface area (Å²) in [5.41, 5.74) is 1.67. The monoisotopic (exact) mass is 461 g/mol. The lowest BCUT2D eigenvalue weighted by atomic mass is 10.2. The number of aromatic nitrogens is 3. The van der Waals surface area contributed by atoms with Gasteiger partial charge in [0.05, 0.1) is 21.0 Å². The number of benzene rings is 1. The molecular weight excluding hydrogens is 450 g/mol. The topological polar surface area (TPSA) is 60.9 Å². The van der Waals surface area contributed by atoms with E-state index in [1.807, 2.05) is 35.9 Å². The molecule has 0 saturated carbocycles. The molecule has 0 radical (unpaired) electrons. The van der Waals surface area contributed by atoms with Gasteiger partial charge in [-0.2, -0.15) is 0 Å². The van der Waals surface area contributed by atoms with Gasteiger partial charge in [-0.25, -0.2) is 14.8 Å². The Labute approximate surface area is 172 Å². The average molecular weight is 463 g/mol. The summed E-state index contributed by atoms with van der Waals surface area (Å²) in [4.78, 5) is 21.6. The third kappa shape index (κ3) is 3.20. The van der Waals surface area contributed by atoms with Crippen LogP contribution in [0.25, 0.3) is 28.3 Å². The highest BCUT2D eigenvalue weighted by atomic mass is 79.9. The Hall–Kier alpha value is -2.09. The third-order valence-electron chi connectivity index (χ3n) is 4.05. The van der Waals surface area contributed by atoms with E-state index in [1.54, 1.807) is 24.4 Å². The highest BCUT2D eigenvalue weighted by Crippen LogP contribution is 2.33. The van der Waals surface area contributed by atoms with Gasteiger partial charge in [0, 0.05) is 10.7 Å². The van der Waals surface area contributed by atoms with Gasteiger partial charge in [0.1, 0.15) is 5.69 Å². The maximum atomic E-state index is 12.6. The zero-order chi connectivity index (χ0) is 19.1. The molecule has 136 valence electrons. The number of aryl methyl sites for hydroxylation is 1. The fourth-order valence-electron chi connectivity index (χ4n) is 2.89. The fraction of sp³-hybridized carbons (Fsp3) is 0.105. The van der Waals surface area contributed by atoms with E-state index in [4.69, 9.17) is 16.0 Å². The van der Waals surface area contributed by atoms with Crippen molar-refractivity contribution in [3.8, 4) is 17.4 Å². The van der Waals surface area contributed by atoms with E-state index >= 15 is 0 Å². The van der Waals surface area contributed by atoms with Gasteiger partial charge < -0.3 is 4.42 Å². The van der Waals surface area contributed by atoms with Gasteiger partial charge in [0.25, 0.3) is 0 Å². The highest BCUT2D eigenvalue weighted by molar-refractivity contribution is 9.10. The minimum Gasteiger partial charge on any atom is -0.401 e. The zero-order valence-electron chi connectivity index (χ0n) is 14.4. The number of nitrogens with zero attached hydrogens (tertiary/aromatic N) is 3. The minimum absolute atomic E-state index is 0.207. The predicted molar refractivity (Wildman–Crippen MR) is 112 cm³/mol. The quantitative estimate of drug-likeness (QED) is 0.377. The second kappa shape index (κ2) is 7.14. The SMILES string of the molecule is CSc1ccc(-c2nc3c(Br)cc(C)cc3c(=O)o2)n1-c1ncccc1Cl. The van der Waals surface area contributed by atoms with Gasteiger partial charge in [0.2, 0.25) is 5.89 Å². The first kappa shape index (κ1) is 18.3. The van der Waals surface area contributed by atoms with E-state index in [0.717, 1.165) is 15.1 Å². The first-order valence-electron chi connectivity index (χ1n) is 7.97.